The van der Waals surface area contributed by atoms with Gasteiger partial charge in [-0.2, -0.15) is 0 Å². The van der Waals surface area contributed by atoms with Gasteiger partial charge in [0.05, 0.1) is 238 Å². The number of aliphatic hydroxyl groups excluding tert-OH is 15. The molecule has 0 aromatic heterocycles. The van der Waals surface area contributed by atoms with Crippen molar-refractivity contribution < 1.29 is 148 Å². The normalized spacial score (nSPS) is 14.1. The fourth-order valence-corrected chi connectivity index (χ4v) is 7.39. The van der Waals surface area contributed by atoms with Crippen LogP contribution in [-0.2, 0) is 71.1 Å². The number of rotatable bonds is 67. The first kappa shape index (κ1) is 83.8. The second-order valence-corrected chi connectivity index (χ2v) is 20.7. The van der Waals surface area contributed by atoms with Crippen molar-refractivity contribution in [2.75, 3.05) is 259 Å². The van der Waals surface area contributed by atoms with Crippen molar-refractivity contribution in [1.29, 1.82) is 0 Å². The fourth-order valence-electron chi connectivity index (χ4n) is 7.39. The monoisotopic (exact) mass is 1250 g/mol. The molecule has 4 atom stereocenters. The molecule has 31 nitrogen and oxygen atoms in total. The van der Waals surface area contributed by atoms with Gasteiger partial charge in [-0.05, 0) is 7.05 Å². The minimum absolute atomic E-state index is 0.00209. The summed E-state index contributed by atoms with van der Waals surface area (Å²) in [6.07, 6.45) is -6.64. The van der Waals surface area contributed by atoms with Crippen LogP contribution in [0.4, 0.5) is 0 Å². The highest BCUT2D eigenvalue weighted by Gasteiger charge is 2.25. The zero-order valence-corrected chi connectivity index (χ0v) is 50.2. The van der Waals surface area contributed by atoms with Crippen LogP contribution in [0.1, 0.15) is 0 Å². The highest BCUT2D eigenvalue weighted by atomic mass is 16.6. The Labute approximate surface area is 500 Å². The van der Waals surface area contributed by atoms with Gasteiger partial charge in [-0.15, -0.1) is 0 Å². The van der Waals surface area contributed by atoms with Gasteiger partial charge < -0.3 is 153 Å². The summed E-state index contributed by atoms with van der Waals surface area (Å²) in [5.74, 6) is -2.87. The van der Waals surface area contributed by atoms with Crippen LogP contribution in [0.3, 0.4) is 0 Å². The Morgan fingerprint density at radius 1 is 0.212 bits per heavy atom. The third kappa shape index (κ3) is 44.0. The molecule has 0 bridgehead atoms. The first-order valence-electron chi connectivity index (χ1n) is 29.1. The number of aliphatic hydroxyl groups is 15. The van der Waals surface area contributed by atoms with Crippen molar-refractivity contribution >= 4 is 0 Å². The molecule has 85 heavy (non-hydrogen) atoms. The summed E-state index contributed by atoms with van der Waals surface area (Å²) in [6.45, 7) is -4.55. The van der Waals surface area contributed by atoms with E-state index in [1.807, 2.05) is 0 Å². The van der Waals surface area contributed by atoms with Crippen molar-refractivity contribution in [2.24, 2.45) is 41.4 Å². The maximum absolute atomic E-state index is 9.79. The number of ether oxygens (including phenoxy) is 15. The van der Waals surface area contributed by atoms with E-state index in [4.69, 9.17) is 71.1 Å². The van der Waals surface area contributed by atoms with Gasteiger partial charge >= 0.3 is 0 Å². The summed E-state index contributed by atoms with van der Waals surface area (Å²) >= 11 is 0. The van der Waals surface area contributed by atoms with Gasteiger partial charge in [0.15, 0.2) is 0 Å². The molecule has 512 valence electrons. The van der Waals surface area contributed by atoms with E-state index in [2.05, 4.69) is 5.32 Å². The lowest BCUT2D eigenvalue weighted by Gasteiger charge is -2.26. The molecule has 4 unspecified atom stereocenters. The Balaban J connectivity index is 6.50. The van der Waals surface area contributed by atoms with Gasteiger partial charge in [0.1, 0.15) is 48.8 Å². The Bertz CT molecular complexity index is 1270. The smallest absolute Gasteiger partial charge is 0.104 e. The van der Waals surface area contributed by atoms with Crippen LogP contribution in [0.15, 0.2) is 0 Å². The minimum atomic E-state index is -0.863. The Morgan fingerprint density at radius 3 is 0.518 bits per heavy atom. The van der Waals surface area contributed by atoms with Crippen molar-refractivity contribution in [3.8, 4) is 0 Å². The molecule has 0 spiro atoms. The molecular formula is C54H111NO30. The summed E-state index contributed by atoms with van der Waals surface area (Å²) in [4.78, 5) is 0. The van der Waals surface area contributed by atoms with Crippen molar-refractivity contribution in [1.82, 2.24) is 5.32 Å². The number of hydrogen-bond acceptors (Lipinski definition) is 31. The molecule has 0 amide bonds. The van der Waals surface area contributed by atoms with Gasteiger partial charge in [-0.3, -0.25) is 0 Å². The average Bonchev–Trinajstić information content (AvgIpc) is 3.52. The van der Waals surface area contributed by atoms with E-state index in [0.29, 0.717) is 6.54 Å². The third-order valence-electron chi connectivity index (χ3n) is 12.7. The van der Waals surface area contributed by atoms with Crippen LogP contribution in [0, 0.1) is 41.4 Å². The molecule has 0 rings (SSSR count). The van der Waals surface area contributed by atoms with Crippen LogP contribution in [0.5, 0.6) is 0 Å². The minimum Gasteiger partial charge on any atom is -0.394 e. The Kier molecular flexibility index (Phi) is 58.2. The Morgan fingerprint density at radius 2 is 0.365 bits per heavy atom. The predicted octanol–water partition coefficient (Wildman–Crippen LogP) is -7.77. The van der Waals surface area contributed by atoms with Gasteiger partial charge in [0.2, 0.25) is 0 Å². The zero-order valence-electron chi connectivity index (χ0n) is 50.2. The van der Waals surface area contributed by atoms with E-state index in [1.165, 1.54) is 7.11 Å². The van der Waals surface area contributed by atoms with E-state index in [0.717, 1.165) is 0 Å². The molecule has 0 saturated carbocycles. The second-order valence-electron chi connectivity index (χ2n) is 20.7. The van der Waals surface area contributed by atoms with E-state index in [-0.39, 0.29) is 151 Å². The van der Waals surface area contributed by atoms with Crippen molar-refractivity contribution in [3.63, 3.8) is 0 Å². The second kappa shape index (κ2) is 59.1. The molecule has 31 heteroatoms. The SMILES string of the molecule is CNCC(COCC(COCC(COC(CO)CO)COC(CO)CO)COCC(COC(CO)CO)COC(CO)CO)COCC(COCC(COC(CO)CO)COC(CO)CO)COCC(COC(CO)CO)COC(CO)COC. The molecule has 0 aromatic rings. The summed E-state index contributed by atoms with van der Waals surface area (Å²) in [6, 6.07) is 0. The number of hydrogen-bond donors (Lipinski definition) is 16. The summed E-state index contributed by atoms with van der Waals surface area (Å²) in [7, 11) is 3.25. The zero-order chi connectivity index (χ0) is 63.1. The van der Waals surface area contributed by atoms with Crippen LogP contribution in [0.2, 0.25) is 0 Å². The van der Waals surface area contributed by atoms with E-state index >= 15 is 0 Å². The molecule has 0 aromatic carbocycles. The summed E-state index contributed by atoms with van der Waals surface area (Å²) in [5.41, 5.74) is 0. The highest BCUT2D eigenvalue weighted by molar-refractivity contribution is 4.70. The summed E-state index contributed by atoms with van der Waals surface area (Å²) < 4.78 is 88.0. The molecule has 0 heterocycles. The van der Waals surface area contributed by atoms with E-state index in [9.17, 15) is 76.6 Å². The standard InChI is InChI=1S/C54H111NO30/c1-55-3-40(19-72-21-41(23-74-27-43(31-78-47(4-56)5-57)32-79-48(6-58)7-59)24-75-28-44(33-80-49(8-60)9-61)34-81-50(10-62)11-63)20-73-22-42(25-76-29-45(35-82-51(12-64)13-65)36-83-52(14-66)15-67)26-77-30-46(37-84-53(16-68)17-69)38-85-54(18-70)39-71-2/h40-70H,3-39H2,1-2H3. The van der Waals surface area contributed by atoms with Crippen LogP contribution >= 0.6 is 0 Å². The maximum Gasteiger partial charge on any atom is 0.104 e. The third-order valence-corrected chi connectivity index (χ3v) is 12.7. The lowest BCUT2D eigenvalue weighted by Crippen LogP contribution is -2.34. The van der Waals surface area contributed by atoms with Gasteiger partial charge in [-0.25, -0.2) is 0 Å². The van der Waals surface area contributed by atoms with Crippen molar-refractivity contribution in [3.05, 3.63) is 0 Å². The topological polar surface area (TPSA) is 454 Å². The molecule has 0 fully saturated rings. The molecule has 0 saturated heterocycles. The molecular weight excluding hydrogens is 1140 g/mol. The lowest BCUT2D eigenvalue weighted by molar-refractivity contribution is -0.0991. The first-order chi connectivity index (χ1) is 41.4. The molecule has 16 N–H and O–H groups in total. The van der Waals surface area contributed by atoms with Crippen molar-refractivity contribution in [2.45, 2.75) is 48.8 Å². The number of nitrogens with one attached hydrogen (secondary N) is 1. The van der Waals surface area contributed by atoms with Gasteiger partial charge in [0.25, 0.3) is 0 Å². The predicted molar refractivity (Wildman–Crippen MR) is 299 cm³/mol. The van der Waals surface area contributed by atoms with Gasteiger partial charge in [0, 0.05) is 55.1 Å². The Hall–Kier alpha value is -1.24. The van der Waals surface area contributed by atoms with Crippen LogP contribution in [0.25, 0.3) is 0 Å². The fraction of sp³-hybridized carbons (Fsp3) is 1.00. The molecule has 0 radical (unpaired) electrons. The first-order valence-corrected chi connectivity index (χ1v) is 29.1. The lowest BCUT2D eigenvalue weighted by atomic mass is 10.1. The molecule has 0 aliphatic rings. The molecule has 0 aliphatic heterocycles. The van der Waals surface area contributed by atoms with Crippen LogP contribution in [-0.4, -0.2) is 384 Å². The number of methoxy groups -OCH3 is 1. The maximum atomic E-state index is 9.79. The highest BCUT2D eigenvalue weighted by Crippen LogP contribution is 2.15. The largest absolute Gasteiger partial charge is 0.394 e. The van der Waals surface area contributed by atoms with E-state index < -0.39 is 177 Å². The quantitative estimate of drug-likeness (QED) is 0.0269. The molecule has 0 aliphatic carbocycles. The van der Waals surface area contributed by atoms with Gasteiger partial charge in [-0.1, -0.05) is 0 Å². The summed E-state index contributed by atoms with van der Waals surface area (Å²) in [5, 5.41) is 147. The van der Waals surface area contributed by atoms with E-state index in [1.54, 1.807) is 7.05 Å². The van der Waals surface area contributed by atoms with Crippen LogP contribution < -0.4 is 5.32 Å². The average molecular weight is 1250 g/mol.